The van der Waals surface area contributed by atoms with Gasteiger partial charge in [0, 0.05) is 28.7 Å². The van der Waals surface area contributed by atoms with E-state index in [1.807, 2.05) is 0 Å². The van der Waals surface area contributed by atoms with E-state index in [0.29, 0.717) is 18.8 Å². The summed E-state index contributed by atoms with van der Waals surface area (Å²) in [6.07, 6.45) is 9.19. The van der Waals surface area contributed by atoms with Crippen LogP contribution in [0, 0.1) is 33.3 Å². The molecule has 2 fully saturated rings. The number of halogens is 1. The van der Waals surface area contributed by atoms with Gasteiger partial charge in [0.05, 0.1) is 6.07 Å². The van der Waals surface area contributed by atoms with Gasteiger partial charge in [-0.05, 0) is 37.5 Å². The molecule has 2 aliphatic rings. The fourth-order valence-corrected chi connectivity index (χ4v) is 3.75. The maximum absolute atomic E-state index is 10.8. The first-order valence-electron chi connectivity index (χ1n) is 7.51. The highest BCUT2D eigenvalue weighted by Gasteiger charge is 2.31. The zero-order chi connectivity index (χ0) is 14.5. The Morgan fingerprint density at radius 2 is 1.85 bits per heavy atom. The SMILES string of the molecule is N#C/C(=C/[C@@H]1CCCC[C@H]1Cl)C1CCC([N+](=O)[O-])CC1. The van der Waals surface area contributed by atoms with Gasteiger partial charge in [0.1, 0.15) is 0 Å². The zero-order valence-corrected chi connectivity index (χ0v) is 12.4. The molecule has 4 nitrogen and oxygen atoms in total. The van der Waals surface area contributed by atoms with Crippen LogP contribution < -0.4 is 0 Å². The molecule has 0 aliphatic heterocycles. The second-order valence-corrected chi connectivity index (χ2v) is 6.55. The molecule has 20 heavy (non-hydrogen) atoms. The summed E-state index contributed by atoms with van der Waals surface area (Å²) in [5.74, 6) is 0.496. The lowest BCUT2D eigenvalue weighted by Gasteiger charge is -2.27. The molecule has 0 aromatic carbocycles. The third-order valence-corrected chi connectivity index (χ3v) is 5.23. The van der Waals surface area contributed by atoms with Crippen molar-refractivity contribution in [2.75, 3.05) is 0 Å². The molecule has 5 heteroatoms. The molecule has 0 bridgehead atoms. The molecule has 0 heterocycles. The molecule has 110 valence electrons. The lowest BCUT2D eigenvalue weighted by molar-refractivity contribution is -0.526. The summed E-state index contributed by atoms with van der Waals surface area (Å²) in [7, 11) is 0. The molecule has 0 saturated heterocycles. The molecule has 0 unspecified atom stereocenters. The van der Waals surface area contributed by atoms with E-state index in [1.54, 1.807) is 0 Å². The van der Waals surface area contributed by atoms with Crippen LogP contribution in [0.25, 0.3) is 0 Å². The summed E-state index contributed by atoms with van der Waals surface area (Å²) in [6.45, 7) is 0. The summed E-state index contributed by atoms with van der Waals surface area (Å²) in [4.78, 5) is 10.6. The first-order chi connectivity index (χ1) is 9.61. The van der Waals surface area contributed by atoms with Gasteiger partial charge in [0.15, 0.2) is 0 Å². The fraction of sp³-hybridized carbons (Fsp3) is 0.800. The van der Waals surface area contributed by atoms with Gasteiger partial charge in [0.25, 0.3) is 0 Å². The molecular formula is C15H21ClN2O2. The van der Waals surface area contributed by atoms with Gasteiger partial charge >= 0.3 is 0 Å². The molecular weight excluding hydrogens is 276 g/mol. The van der Waals surface area contributed by atoms with Gasteiger partial charge in [0.2, 0.25) is 6.04 Å². The van der Waals surface area contributed by atoms with Gasteiger partial charge in [-0.2, -0.15) is 5.26 Å². The van der Waals surface area contributed by atoms with Gasteiger partial charge in [-0.1, -0.05) is 18.9 Å². The number of hydrogen-bond acceptors (Lipinski definition) is 3. The maximum Gasteiger partial charge on any atom is 0.213 e. The van der Waals surface area contributed by atoms with Crippen LogP contribution in [-0.4, -0.2) is 16.3 Å². The Labute approximate surface area is 124 Å². The number of nitro groups is 1. The predicted octanol–water partition coefficient (Wildman–Crippen LogP) is 4.07. The van der Waals surface area contributed by atoms with Crippen molar-refractivity contribution in [2.45, 2.75) is 62.8 Å². The minimum absolute atomic E-state index is 0.141. The van der Waals surface area contributed by atoms with E-state index < -0.39 is 6.04 Å². The van der Waals surface area contributed by atoms with Crippen LogP contribution in [-0.2, 0) is 0 Å². The summed E-state index contributed by atoms with van der Waals surface area (Å²) in [5.41, 5.74) is 0.810. The van der Waals surface area contributed by atoms with E-state index >= 15 is 0 Å². The number of nitrogens with zero attached hydrogens (tertiary/aromatic N) is 2. The monoisotopic (exact) mass is 296 g/mol. The predicted molar refractivity (Wildman–Crippen MR) is 78.0 cm³/mol. The summed E-state index contributed by atoms with van der Waals surface area (Å²) in [6, 6.07) is 1.90. The van der Waals surface area contributed by atoms with Crippen molar-refractivity contribution in [1.82, 2.24) is 0 Å². The van der Waals surface area contributed by atoms with Gasteiger partial charge < -0.3 is 0 Å². The fourth-order valence-electron chi connectivity index (χ4n) is 3.39. The topological polar surface area (TPSA) is 66.9 Å². The second kappa shape index (κ2) is 7.08. The van der Waals surface area contributed by atoms with E-state index in [9.17, 15) is 15.4 Å². The van der Waals surface area contributed by atoms with Crippen molar-refractivity contribution in [2.24, 2.45) is 11.8 Å². The normalized spacial score (nSPS) is 35.3. The van der Waals surface area contributed by atoms with E-state index in [-0.39, 0.29) is 16.2 Å². The number of rotatable bonds is 3. The minimum Gasteiger partial charge on any atom is -0.264 e. The first kappa shape index (κ1) is 15.3. The van der Waals surface area contributed by atoms with E-state index in [2.05, 4.69) is 12.1 Å². The molecule has 0 radical (unpaired) electrons. The average molecular weight is 297 g/mol. The molecule has 2 aliphatic carbocycles. The Bertz CT molecular complexity index is 422. The number of alkyl halides is 1. The highest BCUT2D eigenvalue weighted by molar-refractivity contribution is 6.20. The molecule has 0 aromatic rings. The zero-order valence-electron chi connectivity index (χ0n) is 11.6. The highest BCUT2D eigenvalue weighted by Crippen LogP contribution is 2.35. The quantitative estimate of drug-likeness (QED) is 0.341. The highest BCUT2D eigenvalue weighted by atomic mass is 35.5. The molecule has 2 saturated carbocycles. The molecule has 0 aromatic heterocycles. The lowest BCUT2D eigenvalue weighted by Crippen LogP contribution is -2.27. The lowest BCUT2D eigenvalue weighted by atomic mass is 9.79. The number of hydrogen-bond donors (Lipinski definition) is 0. The Morgan fingerprint density at radius 3 is 2.40 bits per heavy atom. The Balaban J connectivity index is 1.98. The largest absolute Gasteiger partial charge is 0.264 e. The minimum atomic E-state index is -0.415. The van der Waals surface area contributed by atoms with Crippen molar-refractivity contribution in [1.29, 1.82) is 5.26 Å². The Kier molecular flexibility index (Phi) is 5.42. The first-order valence-corrected chi connectivity index (χ1v) is 7.95. The van der Waals surface area contributed by atoms with Crippen LogP contribution in [0.15, 0.2) is 11.6 Å². The Morgan fingerprint density at radius 1 is 1.20 bits per heavy atom. The van der Waals surface area contributed by atoms with E-state index in [0.717, 1.165) is 31.3 Å². The van der Waals surface area contributed by atoms with Crippen molar-refractivity contribution in [3.63, 3.8) is 0 Å². The third-order valence-electron chi connectivity index (χ3n) is 4.69. The molecule has 2 atom stereocenters. The van der Waals surface area contributed by atoms with Crippen LogP contribution in [0.3, 0.4) is 0 Å². The number of nitriles is 1. The van der Waals surface area contributed by atoms with Crippen LogP contribution in [0.5, 0.6) is 0 Å². The van der Waals surface area contributed by atoms with Crippen LogP contribution in [0.2, 0.25) is 0 Å². The molecule has 0 N–H and O–H groups in total. The Hall–Kier alpha value is -1.08. The average Bonchev–Trinajstić information content (AvgIpc) is 2.46. The van der Waals surface area contributed by atoms with Gasteiger partial charge in [-0.3, -0.25) is 10.1 Å². The molecule has 0 amide bonds. The van der Waals surface area contributed by atoms with E-state index in [4.69, 9.17) is 11.6 Å². The summed E-state index contributed by atoms with van der Waals surface area (Å²) in [5, 5.41) is 20.3. The second-order valence-electron chi connectivity index (χ2n) is 5.99. The van der Waals surface area contributed by atoms with Crippen LogP contribution in [0.4, 0.5) is 0 Å². The summed E-state index contributed by atoms with van der Waals surface area (Å²) >= 11 is 6.34. The summed E-state index contributed by atoms with van der Waals surface area (Å²) < 4.78 is 0. The van der Waals surface area contributed by atoms with Crippen molar-refractivity contribution in [3.8, 4) is 6.07 Å². The smallest absolute Gasteiger partial charge is 0.213 e. The van der Waals surface area contributed by atoms with Crippen molar-refractivity contribution < 1.29 is 4.92 Å². The van der Waals surface area contributed by atoms with Gasteiger partial charge in [-0.25, -0.2) is 0 Å². The standard InChI is InChI=1S/C15H21ClN2O2/c16-15-4-2-1-3-12(15)9-13(10-17)11-5-7-14(8-6-11)18(19)20/h9,11-12,14-15H,1-8H2/b13-9-/t11?,12-,14?,15+/m0/s1. The van der Waals surface area contributed by atoms with Crippen LogP contribution in [0.1, 0.15) is 51.4 Å². The number of allylic oxidation sites excluding steroid dienone is 2. The maximum atomic E-state index is 10.8. The van der Waals surface area contributed by atoms with Crippen molar-refractivity contribution >= 4 is 11.6 Å². The molecule has 0 spiro atoms. The van der Waals surface area contributed by atoms with E-state index in [1.165, 1.54) is 12.8 Å². The van der Waals surface area contributed by atoms with Crippen LogP contribution >= 0.6 is 11.6 Å². The van der Waals surface area contributed by atoms with Crippen molar-refractivity contribution in [3.05, 3.63) is 21.8 Å². The van der Waals surface area contributed by atoms with Gasteiger partial charge in [-0.15, -0.1) is 11.6 Å². The third kappa shape index (κ3) is 3.73. The molecule has 2 rings (SSSR count).